The third-order valence-corrected chi connectivity index (χ3v) is 4.69. The minimum Gasteiger partial charge on any atom is -0.465 e. The summed E-state index contributed by atoms with van der Waals surface area (Å²) >= 11 is 0. The predicted molar refractivity (Wildman–Crippen MR) is 128 cm³/mol. The van der Waals surface area contributed by atoms with E-state index in [4.69, 9.17) is 15.0 Å². The summed E-state index contributed by atoms with van der Waals surface area (Å²) in [4.78, 5) is 50.9. The lowest BCUT2D eigenvalue weighted by atomic mass is 10.1. The van der Waals surface area contributed by atoms with Gasteiger partial charge in [0.05, 0.1) is 25.5 Å². The Balaban J connectivity index is 4.50. The zero-order chi connectivity index (χ0) is 25.6. The predicted octanol–water partition coefficient (Wildman–Crippen LogP) is 3.56. The van der Waals surface area contributed by atoms with Crippen LogP contribution in [0.15, 0.2) is 5.11 Å². The Bertz CT molecular complexity index is 664. The summed E-state index contributed by atoms with van der Waals surface area (Å²) in [5, 5.41) is 8.92. The summed E-state index contributed by atoms with van der Waals surface area (Å²) in [6, 6.07) is -0.720. The highest BCUT2D eigenvalue weighted by atomic mass is 16.5. The summed E-state index contributed by atoms with van der Waals surface area (Å²) < 4.78 is 10.4. The first kappa shape index (κ1) is 31.2. The van der Waals surface area contributed by atoms with Crippen LogP contribution in [0.25, 0.3) is 10.4 Å². The van der Waals surface area contributed by atoms with E-state index in [2.05, 4.69) is 27.6 Å². The molecule has 1 atom stereocenters. The van der Waals surface area contributed by atoms with Gasteiger partial charge in [-0.1, -0.05) is 45.1 Å². The number of carbonyl (C=O) groups excluding carboxylic acids is 4. The Morgan fingerprint density at radius 1 is 0.882 bits per heavy atom. The van der Waals surface area contributed by atoms with Gasteiger partial charge in [-0.3, -0.25) is 19.2 Å². The van der Waals surface area contributed by atoms with Crippen molar-refractivity contribution in [1.82, 2.24) is 10.6 Å². The van der Waals surface area contributed by atoms with Crippen LogP contribution in [0, 0.1) is 5.92 Å². The molecule has 0 aliphatic carbocycles. The van der Waals surface area contributed by atoms with Crippen LogP contribution < -0.4 is 10.6 Å². The molecule has 0 aliphatic rings. The molecule has 0 aliphatic heterocycles. The van der Waals surface area contributed by atoms with Gasteiger partial charge < -0.3 is 20.1 Å². The second-order valence-electron chi connectivity index (χ2n) is 8.55. The van der Waals surface area contributed by atoms with Gasteiger partial charge in [0.15, 0.2) is 0 Å². The van der Waals surface area contributed by atoms with Crippen molar-refractivity contribution in [3.8, 4) is 0 Å². The van der Waals surface area contributed by atoms with Gasteiger partial charge >= 0.3 is 11.9 Å². The first-order valence-electron chi connectivity index (χ1n) is 12.2. The van der Waals surface area contributed by atoms with Gasteiger partial charge in [0.2, 0.25) is 11.8 Å². The van der Waals surface area contributed by atoms with E-state index < -0.39 is 18.0 Å². The number of ether oxygens (including phenoxy) is 2. The van der Waals surface area contributed by atoms with Crippen molar-refractivity contribution in [1.29, 1.82) is 0 Å². The molecule has 0 unspecified atom stereocenters. The molecule has 0 aromatic rings. The van der Waals surface area contributed by atoms with Crippen LogP contribution in [-0.2, 0) is 28.7 Å². The lowest BCUT2D eigenvalue weighted by Gasteiger charge is -2.19. The molecule has 11 nitrogen and oxygen atoms in total. The standard InChI is InChI=1S/C23H41N5O6/c1-4-5-8-13-25-20(29)11-12-22(31)34-17-19(15-23(32)33-16-18(2)3)27-21(30)10-7-6-9-14-26-28-24/h18-19H,4-17H2,1-3H3,(H,25,29)(H,27,30)/t19-/m0/s1. The van der Waals surface area contributed by atoms with Crippen LogP contribution in [0.4, 0.5) is 0 Å². The molecule has 0 rings (SSSR count). The largest absolute Gasteiger partial charge is 0.465 e. The zero-order valence-corrected chi connectivity index (χ0v) is 20.8. The topological polar surface area (TPSA) is 160 Å². The molecule has 194 valence electrons. The fourth-order valence-corrected chi connectivity index (χ4v) is 2.83. The van der Waals surface area contributed by atoms with E-state index in [1.807, 2.05) is 13.8 Å². The van der Waals surface area contributed by atoms with Crippen LogP contribution in [0.3, 0.4) is 0 Å². The molecule has 0 saturated heterocycles. The van der Waals surface area contributed by atoms with Crippen molar-refractivity contribution in [2.75, 3.05) is 26.3 Å². The lowest BCUT2D eigenvalue weighted by molar-refractivity contribution is -0.150. The van der Waals surface area contributed by atoms with E-state index in [1.54, 1.807) is 0 Å². The molecule has 0 aromatic heterocycles. The van der Waals surface area contributed by atoms with Gasteiger partial charge in [-0.2, -0.15) is 0 Å². The molecule has 34 heavy (non-hydrogen) atoms. The number of rotatable bonds is 20. The Labute approximate surface area is 202 Å². The Hall–Kier alpha value is -2.81. The average molecular weight is 484 g/mol. The van der Waals surface area contributed by atoms with E-state index in [1.165, 1.54) is 0 Å². The first-order valence-corrected chi connectivity index (χ1v) is 12.2. The molecule has 0 aromatic carbocycles. The summed E-state index contributed by atoms with van der Waals surface area (Å²) in [6.45, 7) is 6.95. The quantitative estimate of drug-likeness (QED) is 0.0885. The number of nitrogens with one attached hydrogen (secondary N) is 2. The molecule has 2 amide bonds. The maximum absolute atomic E-state index is 12.3. The fourth-order valence-electron chi connectivity index (χ4n) is 2.83. The molecular formula is C23H41N5O6. The maximum Gasteiger partial charge on any atom is 0.308 e. The zero-order valence-electron chi connectivity index (χ0n) is 20.8. The Morgan fingerprint density at radius 2 is 1.62 bits per heavy atom. The van der Waals surface area contributed by atoms with Crippen molar-refractivity contribution in [3.63, 3.8) is 0 Å². The monoisotopic (exact) mass is 483 g/mol. The van der Waals surface area contributed by atoms with Gasteiger partial charge in [0, 0.05) is 30.8 Å². The van der Waals surface area contributed by atoms with Crippen LogP contribution in [-0.4, -0.2) is 56.1 Å². The third kappa shape index (κ3) is 19.8. The molecule has 2 N–H and O–H groups in total. The van der Waals surface area contributed by atoms with Crippen molar-refractivity contribution in [3.05, 3.63) is 10.4 Å². The molecule has 0 saturated carbocycles. The molecule has 0 bridgehead atoms. The molecule has 0 radical (unpaired) electrons. The molecular weight excluding hydrogens is 442 g/mol. The number of nitrogens with zero attached hydrogens (tertiary/aromatic N) is 3. The van der Waals surface area contributed by atoms with Crippen LogP contribution in [0.5, 0.6) is 0 Å². The summed E-state index contributed by atoms with van der Waals surface area (Å²) in [5.41, 5.74) is 8.25. The highest BCUT2D eigenvalue weighted by molar-refractivity contribution is 5.81. The van der Waals surface area contributed by atoms with Crippen molar-refractivity contribution < 1.29 is 28.7 Å². The summed E-state index contributed by atoms with van der Waals surface area (Å²) in [6.07, 6.45) is 5.06. The smallest absolute Gasteiger partial charge is 0.308 e. The Kier molecular flexibility index (Phi) is 19.1. The van der Waals surface area contributed by atoms with E-state index in [9.17, 15) is 19.2 Å². The van der Waals surface area contributed by atoms with E-state index in [0.717, 1.165) is 25.7 Å². The molecule has 11 heteroatoms. The highest BCUT2D eigenvalue weighted by Gasteiger charge is 2.20. The van der Waals surface area contributed by atoms with Gasteiger partial charge in [-0.05, 0) is 30.7 Å². The van der Waals surface area contributed by atoms with E-state index >= 15 is 0 Å². The number of hydrogen-bond donors (Lipinski definition) is 2. The Morgan fingerprint density at radius 3 is 2.29 bits per heavy atom. The number of azide groups is 1. The number of unbranched alkanes of at least 4 members (excludes halogenated alkanes) is 4. The van der Waals surface area contributed by atoms with Gasteiger partial charge in [-0.25, -0.2) is 0 Å². The minimum absolute atomic E-state index is 0.0221. The van der Waals surface area contributed by atoms with Crippen molar-refractivity contribution >= 4 is 23.8 Å². The van der Waals surface area contributed by atoms with Crippen LogP contribution in [0.2, 0.25) is 0 Å². The normalized spacial score (nSPS) is 11.3. The van der Waals surface area contributed by atoms with Crippen LogP contribution in [0.1, 0.15) is 85.0 Å². The SMILES string of the molecule is CCCCCNC(=O)CCC(=O)OC[C@H](CC(=O)OCC(C)C)NC(=O)CCCCCN=[N+]=[N-]. The van der Waals surface area contributed by atoms with E-state index in [-0.39, 0.29) is 56.6 Å². The van der Waals surface area contributed by atoms with Crippen LogP contribution >= 0.6 is 0 Å². The maximum atomic E-state index is 12.3. The minimum atomic E-state index is -0.720. The average Bonchev–Trinajstić information content (AvgIpc) is 2.79. The van der Waals surface area contributed by atoms with Gasteiger partial charge in [-0.15, -0.1) is 0 Å². The first-order chi connectivity index (χ1) is 16.3. The third-order valence-electron chi connectivity index (χ3n) is 4.69. The van der Waals surface area contributed by atoms with E-state index in [0.29, 0.717) is 25.9 Å². The van der Waals surface area contributed by atoms with Gasteiger partial charge in [0.25, 0.3) is 0 Å². The summed E-state index contributed by atoms with van der Waals surface area (Å²) in [5.74, 6) is -1.37. The van der Waals surface area contributed by atoms with Crippen molar-refractivity contribution in [2.45, 2.75) is 91.0 Å². The number of amides is 2. The van der Waals surface area contributed by atoms with Crippen molar-refractivity contribution in [2.24, 2.45) is 11.0 Å². The highest BCUT2D eigenvalue weighted by Crippen LogP contribution is 2.05. The molecule has 0 spiro atoms. The number of carbonyl (C=O) groups is 4. The fraction of sp³-hybridized carbons (Fsp3) is 0.826. The second kappa shape index (κ2) is 20.8. The number of esters is 2. The second-order valence-corrected chi connectivity index (χ2v) is 8.55. The molecule has 0 heterocycles. The summed E-state index contributed by atoms with van der Waals surface area (Å²) in [7, 11) is 0. The molecule has 0 fully saturated rings. The lowest BCUT2D eigenvalue weighted by Crippen LogP contribution is -2.40. The number of hydrogen-bond acceptors (Lipinski definition) is 7. The van der Waals surface area contributed by atoms with Gasteiger partial charge in [0.1, 0.15) is 6.61 Å².